The molecule has 6 heteroatoms. The monoisotopic (exact) mass is 301 g/mol. The van der Waals surface area contributed by atoms with Gasteiger partial charge in [-0.3, -0.25) is 10.1 Å². The van der Waals surface area contributed by atoms with Gasteiger partial charge in [-0.15, -0.1) is 0 Å². The van der Waals surface area contributed by atoms with E-state index in [2.05, 4.69) is 16.4 Å². The number of hydrogen-bond acceptors (Lipinski definition) is 4. The van der Waals surface area contributed by atoms with Gasteiger partial charge in [0.25, 0.3) is 0 Å². The van der Waals surface area contributed by atoms with Crippen molar-refractivity contribution in [1.82, 2.24) is 14.9 Å². The molecular formula is C16H19N3O3. The Morgan fingerprint density at radius 1 is 1.55 bits per heavy atom. The molecule has 0 amide bonds. The zero-order valence-electron chi connectivity index (χ0n) is 12.7. The summed E-state index contributed by atoms with van der Waals surface area (Å²) in [5.74, 6) is 0.0465. The fourth-order valence-electron chi connectivity index (χ4n) is 2.86. The number of carboxylic acids is 1. The number of benzene rings is 1. The van der Waals surface area contributed by atoms with Crippen LogP contribution in [0.2, 0.25) is 0 Å². The van der Waals surface area contributed by atoms with Gasteiger partial charge >= 0.3 is 5.97 Å². The standard InChI is InChI=1S/C16H19N3O3/c1-10-5-11(3-4-15(10)22-2)8-19-9-18-13-7-17-12(16(20)21)6-14(13)19/h3-5,9,12,17H,6-8H2,1-2H3,(H,20,21). The van der Waals surface area contributed by atoms with Crippen LogP contribution < -0.4 is 10.1 Å². The second-order valence-corrected chi connectivity index (χ2v) is 5.55. The Morgan fingerprint density at radius 2 is 2.36 bits per heavy atom. The van der Waals surface area contributed by atoms with Crippen LogP contribution in [0.4, 0.5) is 0 Å². The second-order valence-electron chi connectivity index (χ2n) is 5.55. The molecule has 1 aromatic carbocycles. The van der Waals surface area contributed by atoms with Crippen LogP contribution in [0.5, 0.6) is 5.75 Å². The Kier molecular flexibility index (Phi) is 3.85. The lowest BCUT2D eigenvalue weighted by molar-refractivity contribution is -0.139. The summed E-state index contributed by atoms with van der Waals surface area (Å²) < 4.78 is 7.31. The summed E-state index contributed by atoms with van der Waals surface area (Å²) in [6.45, 7) is 3.19. The molecule has 0 saturated heterocycles. The molecule has 0 bridgehead atoms. The first-order valence-corrected chi connectivity index (χ1v) is 7.21. The molecule has 0 fully saturated rings. The summed E-state index contributed by atoms with van der Waals surface area (Å²) >= 11 is 0. The molecule has 3 rings (SSSR count). The van der Waals surface area contributed by atoms with Crippen molar-refractivity contribution in [2.75, 3.05) is 7.11 Å². The van der Waals surface area contributed by atoms with Gasteiger partial charge in [0.15, 0.2) is 0 Å². The molecule has 2 N–H and O–H groups in total. The highest BCUT2D eigenvalue weighted by atomic mass is 16.5. The third-order valence-electron chi connectivity index (χ3n) is 4.06. The first-order chi connectivity index (χ1) is 10.6. The highest BCUT2D eigenvalue weighted by molar-refractivity contribution is 5.74. The number of carboxylic acid groups (broad SMARTS) is 1. The molecule has 1 aliphatic rings. The molecular weight excluding hydrogens is 282 g/mol. The third kappa shape index (κ3) is 2.69. The van der Waals surface area contributed by atoms with E-state index in [0.717, 1.165) is 28.3 Å². The predicted octanol–water partition coefficient (Wildman–Crippen LogP) is 1.35. The third-order valence-corrected chi connectivity index (χ3v) is 4.06. The van der Waals surface area contributed by atoms with Crippen LogP contribution in [0.3, 0.4) is 0 Å². The molecule has 2 heterocycles. The number of hydrogen-bond donors (Lipinski definition) is 2. The number of aryl methyl sites for hydroxylation is 1. The zero-order valence-corrected chi connectivity index (χ0v) is 12.7. The molecule has 0 saturated carbocycles. The van der Waals surface area contributed by atoms with E-state index >= 15 is 0 Å². The minimum absolute atomic E-state index is 0.458. The maximum Gasteiger partial charge on any atom is 0.321 e. The fraction of sp³-hybridized carbons (Fsp3) is 0.375. The van der Waals surface area contributed by atoms with Gasteiger partial charge in [0.1, 0.15) is 11.8 Å². The molecule has 0 radical (unpaired) electrons. The van der Waals surface area contributed by atoms with Crippen LogP contribution in [-0.2, 0) is 24.3 Å². The number of aromatic nitrogens is 2. The number of nitrogens with one attached hydrogen (secondary N) is 1. The Balaban J connectivity index is 1.84. The van der Waals surface area contributed by atoms with E-state index in [0.29, 0.717) is 19.5 Å². The van der Waals surface area contributed by atoms with E-state index in [9.17, 15) is 4.79 Å². The Bertz CT molecular complexity index is 709. The number of aliphatic carboxylic acids is 1. The summed E-state index contributed by atoms with van der Waals surface area (Å²) in [6.07, 6.45) is 2.25. The van der Waals surface area contributed by atoms with E-state index < -0.39 is 12.0 Å². The maximum atomic E-state index is 11.2. The lowest BCUT2D eigenvalue weighted by atomic mass is 10.0. The van der Waals surface area contributed by atoms with Gasteiger partial charge < -0.3 is 14.4 Å². The molecule has 0 aliphatic carbocycles. The van der Waals surface area contributed by atoms with E-state index in [4.69, 9.17) is 9.84 Å². The van der Waals surface area contributed by atoms with Crippen LogP contribution in [0, 0.1) is 6.92 Å². The summed E-state index contributed by atoms with van der Waals surface area (Å²) in [6, 6.07) is 5.52. The van der Waals surface area contributed by atoms with Crippen molar-refractivity contribution in [3.63, 3.8) is 0 Å². The molecule has 0 spiro atoms. The SMILES string of the molecule is COc1ccc(Cn2cnc3c2CC(C(=O)O)NC3)cc1C. The largest absolute Gasteiger partial charge is 0.496 e. The Hall–Kier alpha value is -2.34. The number of carbonyl (C=O) groups is 1. The van der Waals surface area contributed by atoms with E-state index in [1.54, 1.807) is 13.4 Å². The summed E-state index contributed by atoms with van der Waals surface area (Å²) in [7, 11) is 1.66. The average Bonchev–Trinajstić information content (AvgIpc) is 2.90. The number of nitrogens with zero attached hydrogens (tertiary/aromatic N) is 2. The highest BCUT2D eigenvalue weighted by Gasteiger charge is 2.26. The highest BCUT2D eigenvalue weighted by Crippen LogP contribution is 2.21. The predicted molar refractivity (Wildman–Crippen MR) is 81.0 cm³/mol. The lowest BCUT2D eigenvalue weighted by Crippen LogP contribution is -2.42. The Morgan fingerprint density at radius 3 is 3.05 bits per heavy atom. The van der Waals surface area contributed by atoms with Gasteiger partial charge in [-0.05, 0) is 24.1 Å². The number of fused-ring (bicyclic) bond motifs is 1. The molecule has 1 aromatic heterocycles. The molecule has 1 unspecified atom stereocenters. The van der Waals surface area contributed by atoms with Gasteiger partial charge in [0, 0.05) is 25.2 Å². The lowest BCUT2D eigenvalue weighted by Gasteiger charge is -2.21. The zero-order chi connectivity index (χ0) is 15.7. The van der Waals surface area contributed by atoms with Crippen LogP contribution in [-0.4, -0.2) is 33.8 Å². The second kappa shape index (κ2) is 5.81. The van der Waals surface area contributed by atoms with E-state index in [1.165, 1.54) is 0 Å². The molecule has 1 aliphatic heterocycles. The van der Waals surface area contributed by atoms with Crippen LogP contribution in [0.15, 0.2) is 24.5 Å². The topological polar surface area (TPSA) is 76.4 Å². The quantitative estimate of drug-likeness (QED) is 0.891. The van der Waals surface area contributed by atoms with Crippen molar-refractivity contribution in [3.8, 4) is 5.75 Å². The van der Waals surface area contributed by atoms with Crippen molar-refractivity contribution >= 4 is 5.97 Å². The molecule has 6 nitrogen and oxygen atoms in total. The van der Waals surface area contributed by atoms with Crippen molar-refractivity contribution in [2.24, 2.45) is 0 Å². The number of imidazole rings is 1. The van der Waals surface area contributed by atoms with Crippen molar-refractivity contribution in [1.29, 1.82) is 0 Å². The van der Waals surface area contributed by atoms with Crippen LogP contribution in [0.25, 0.3) is 0 Å². The Labute approximate surface area is 128 Å². The smallest absolute Gasteiger partial charge is 0.321 e. The maximum absolute atomic E-state index is 11.2. The summed E-state index contributed by atoms with van der Waals surface area (Å²) in [4.78, 5) is 15.6. The van der Waals surface area contributed by atoms with Gasteiger partial charge in [0.05, 0.1) is 19.1 Å². The van der Waals surface area contributed by atoms with Gasteiger partial charge in [-0.1, -0.05) is 12.1 Å². The number of rotatable bonds is 4. The first kappa shape index (κ1) is 14.6. The van der Waals surface area contributed by atoms with Crippen molar-refractivity contribution in [2.45, 2.75) is 32.5 Å². The van der Waals surface area contributed by atoms with E-state index in [-0.39, 0.29) is 0 Å². The van der Waals surface area contributed by atoms with Gasteiger partial charge in [-0.25, -0.2) is 4.98 Å². The normalized spacial score (nSPS) is 17.1. The van der Waals surface area contributed by atoms with Gasteiger partial charge in [-0.2, -0.15) is 0 Å². The number of ether oxygens (including phenoxy) is 1. The summed E-state index contributed by atoms with van der Waals surface area (Å²) in [5, 5.41) is 12.2. The fourth-order valence-corrected chi connectivity index (χ4v) is 2.86. The summed E-state index contributed by atoms with van der Waals surface area (Å²) in [5.41, 5.74) is 4.16. The van der Waals surface area contributed by atoms with Crippen molar-refractivity contribution in [3.05, 3.63) is 47.0 Å². The minimum atomic E-state index is -0.821. The molecule has 2 aromatic rings. The first-order valence-electron chi connectivity index (χ1n) is 7.21. The van der Waals surface area contributed by atoms with Crippen LogP contribution in [0.1, 0.15) is 22.5 Å². The molecule has 1 atom stereocenters. The molecule has 22 heavy (non-hydrogen) atoms. The molecule has 116 valence electrons. The van der Waals surface area contributed by atoms with Crippen molar-refractivity contribution < 1.29 is 14.6 Å². The minimum Gasteiger partial charge on any atom is -0.496 e. The number of methoxy groups -OCH3 is 1. The average molecular weight is 301 g/mol. The van der Waals surface area contributed by atoms with Gasteiger partial charge in [0.2, 0.25) is 0 Å². The van der Waals surface area contributed by atoms with E-state index in [1.807, 2.05) is 23.6 Å². The van der Waals surface area contributed by atoms with Crippen LogP contribution >= 0.6 is 0 Å².